The second-order valence-corrected chi connectivity index (χ2v) is 4.88. The van der Waals surface area contributed by atoms with Gasteiger partial charge in [-0.15, -0.1) is 0 Å². The SMILES string of the molecule is O=C(COc1ccc2ccccc2c1)NN=Cc1cccnc1. The third kappa shape index (κ3) is 4.14. The van der Waals surface area contributed by atoms with Crippen molar-refractivity contribution in [2.24, 2.45) is 5.10 Å². The number of hydrazone groups is 1. The van der Waals surface area contributed by atoms with E-state index in [-0.39, 0.29) is 12.5 Å². The van der Waals surface area contributed by atoms with Crippen LogP contribution < -0.4 is 10.2 Å². The van der Waals surface area contributed by atoms with E-state index in [0.717, 1.165) is 16.3 Å². The van der Waals surface area contributed by atoms with Crippen molar-refractivity contribution < 1.29 is 9.53 Å². The van der Waals surface area contributed by atoms with Crippen LogP contribution in [0.3, 0.4) is 0 Å². The van der Waals surface area contributed by atoms with Crippen molar-refractivity contribution in [2.75, 3.05) is 6.61 Å². The Kier molecular flexibility index (Phi) is 4.59. The van der Waals surface area contributed by atoms with E-state index in [1.54, 1.807) is 18.5 Å². The maximum absolute atomic E-state index is 11.7. The molecule has 0 atom stereocenters. The van der Waals surface area contributed by atoms with Crippen molar-refractivity contribution in [3.63, 3.8) is 0 Å². The molecular formula is C18H15N3O2. The zero-order valence-electron chi connectivity index (χ0n) is 12.3. The molecule has 1 aromatic heterocycles. The van der Waals surface area contributed by atoms with Crippen molar-refractivity contribution in [3.05, 3.63) is 72.6 Å². The second-order valence-electron chi connectivity index (χ2n) is 4.88. The smallest absolute Gasteiger partial charge is 0.277 e. The van der Waals surface area contributed by atoms with Crippen LogP contribution in [-0.4, -0.2) is 23.7 Å². The van der Waals surface area contributed by atoms with Crippen LogP contribution in [0.2, 0.25) is 0 Å². The molecule has 0 aliphatic rings. The van der Waals surface area contributed by atoms with Crippen molar-refractivity contribution in [3.8, 4) is 5.75 Å². The van der Waals surface area contributed by atoms with E-state index in [9.17, 15) is 4.79 Å². The predicted molar refractivity (Wildman–Crippen MR) is 89.4 cm³/mol. The van der Waals surface area contributed by atoms with Crippen LogP contribution in [0.25, 0.3) is 10.8 Å². The summed E-state index contributed by atoms with van der Waals surface area (Å²) in [6.07, 6.45) is 4.86. The van der Waals surface area contributed by atoms with E-state index in [1.165, 1.54) is 6.21 Å². The van der Waals surface area contributed by atoms with Crippen molar-refractivity contribution in [1.82, 2.24) is 10.4 Å². The fraction of sp³-hybridized carbons (Fsp3) is 0.0556. The zero-order chi connectivity index (χ0) is 15.9. The van der Waals surface area contributed by atoms with Crippen LogP contribution in [0.4, 0.5) is 0 Å². The number of rotatable bonds is 5. The molecular weight excluding hydrogens is 290 g/mol. The molecule has 0 unspecified atom stereocenters. The Bertz CT molecular complexity index is 832. The van der Waals surface area contributed by atoms with E-state index in [4.69, 9.17) is 4.74 Å². The first-order valence-corrected chi connectivity index (χ1v) is 7.15. The summed E-state index contributed by atoms with van der Waals surface area (Å²) in [5.74, 6) is 0.327. The summed E-state index contributed by atoms with van der Waals surface area (Å²) in [4.78, 5) is 15.7. The Morgan fingerprint density at radius 3 is 2.83 bits per heavy atom. The Morgan fingerprint density at radius 1 is 1.13 bits per heavy atom. The van der Waals surface area contributed by atoms with Crippen LogP contribution in [0.15, 0.2) is 72.1 Å². The Labute approximate surface area is 133 Å². The maximum atomic E-state index is 11.7. The molecule has 1 amide bonds. The van der Waals surface area contributed by atoms with Gasteiger partial charge in [-0.2, -0.15) is 5.10 Å². The number of aromatic nitrogens is 1. The fourth-order valence-electron chi connectivity index (χ4n) is 2.07. The first kappa shape index (κ1) is 14.7. The first-order chi connectivity index (χ1) is 11.3. The maximum Gasteiger partial charge on any atom is 0.277 e. The highest BCUT2D eigenvalue weighted by atomic mass is 16.5. The van der Waals surface area contributed by atoms with Crippen molar-refractivity contribution in [2.45, 2.75) is 0 Å². The topological polar surface area (TPSA) is 63.6 Å². The highest BCUT2D eigenvalue weighted by Gasteiger charge is 2.02. The highest BCUT2D eigenvalue weighted by Crippen LogP contribution is 2.20. The molecule has 1 N–H and O–H groups in total. The largest absolute Gasteiger partial charge is 0.484 e. The molecule has 114 valence electrons. The number of hydrogen-bond acceptors (Lipinski definition) is 4. The van der Waals surface area contributed by atoms with E-state index >= 15 is 0 Å². The van der Waals surface area contributed by atoms with Gasteiger partial charge in [0.15, 0.2) is 6.61 Å². The number of carbonyl (C=O) groups excluding carboxylic acids is 1. The summed E-state index contributed by atoms with van der Waals surface area (Å²) < 4.78 is 5.48. The lowest BCUT2D eigenvalue weighted by molar-refractivity contribution is -0.123. The molecule has 0 bridgehead atoms. The molecule has 5 nitrogen and oxygen atoms in total. The first-order valence-electron chi connectivity index (χ1n) is 7.15. The van der Waals surface area contributed by atoms with Gasteiger partial charge in [-0.05, 0) is 29.0 Å². The van der Waals surface area contributed by atoms with Gasteiger partial charge in [-0.25, -0.2) is 5.43 Å². The van der Waals surface area contributed by atoms with E-state index in [1.807, 2.05) is 48.5 Å². The van der Waals surface area contributed by atoms with E-state index in [2.05, 4.69) is 15.5 Å². The molecule has 0 spiro atoms. The molecule has 5 heteroatoms. The number of ether oxygens (including phenoxy) is 1. The Balaban J connectivity index is 1.52. The van der Waals surface area contributed by atoms with Crippen LogP contribution in [0.5, 0.6) is 5.75 Å². The lowest BCUT2D eigenvalue weighted by Crippen LogP contribution is -2.24. The van der Waals surface area contributed by atoms with Crippen LogP contribution in [0.1, 0.15) is 5.56 Å². The van der Waals surface area contributed by atoms with Gasteiger partial charge in [0.2, 0.25) is 0 Å². The molecule has 1 heterocycles. The number of nitrogens with zero attached hydrogens (tertiary/aromatic N) is 2. The third-order valence-corrected chi connectivity index (χ3v) is 3.18. The minimum absolute atomic E-state index is 0.0945. The predicted octanol–water partition coefficient (Wildman–Crippen LogP) is 2.76. The quantitative estimate of drug-likeness (QED) is 0.582. The van der Waals surface area contributed by atoms with Gasteiger partial charge in [0.1, 0.15) is 5.75 Å². The molecule has 3 rings (SSSR count). The number of amides is 1. The molecule has 0 saturated heterocycles. The molecule has 2 aromatic carbocycles. The Hall–Kier alpha value is -3.21. The molecule has 0 radical (unpaired) electrons. The number of carbonyl (C=O) groups is 1. The molecule has 0 aliphatic heterocycles. The Morgan fingerprint density at radius 2 is 2.00 bits per heavy atom. The number of fused-ring (bicyclic) bond motifs is 1. The van der Waals surface area contributed by atoms with Crippen LogP contribution in [0, 0.1) is 0 Å². The summed E-state index contributed by atoms with van der Waals surface area (Å²) in [5.41, 5.74) is 3.22. The van der Waals surface area contributed by atoms with Gasteiger partial charge in [0.05, 0.1) is 6.21 Å². The van der Waals surface area contributed by atoms with Gasteiger partial charge >= 0.3 is 0 Å². The third-order valence-electron chi connectivity index (χ3n) is 3.18. The molecule has 0 saturated carbocycles. The summed E-state index contributed by atoms with van der Waals surface area (Å²) in [7, 11) is 0. The van der Waals surface area contributed by atoms with Gasteiger partial charge in [0.25, 0.3) is 5.91 Å². The number of nitrogens with one attached hydrogen (secondary N) is 1. The average molecular weight is 305 g/mol. The van der Waals surface area contributed by atoms with Gasteiger partial charge in [-0.3, -0.25) is 9.78 Å². The van der Waals surface area contributed by atoms with Crippen LogP contribution >= 0.6 is 0 Å². The molecule has 0 aliphatic carbocycles. The normalized spacial score (nSPS) is 10.8. The molecule has 23 heavy (non-hydrogen) atoms. The van der Waals surface area contributed by atoms with Crippen molar-refractivity contribution in [1.29, 1.82) is 0 Å². The minimum Gasteiger partial charge on any atom is -0.484 e. The summed E-state index contributed by atoms with van der Waals surface area (Å²) >= 11 is 0. The molecule has 3 aromatic rings. The van der Waals surface area contributed by atoms with Crippen LogP contribution in [-0.2, 0) is 4.79 Å². The van der Waals surface area contributed by atoms with Gasteiger partial charge in [0, 0.05) is 18.0 Å². The fourth-order valence-corrected chi connectivity index (χ4v) is 2.07. The number of benzene rings is 2. The highest BCUT2D eigenvalue weighted by molar-refractivity contribution is 5.84. The summed E-state index contributed by atoms with van der Waals surface area (Å²) in [6.45, 7) is -0.0945. The lowest BCUT2D eigenvalue weighted by Gasteiger charge is -2.06. The van der Waals surface area contributed by atoms with E-state index in [0.29, 0.717) is 5.75 Å². The number of pyridine rings is 1. The standard InChI is InChI=1S/C18H15N3O2/c22-18(21-20-12-14-4-3-9-19-11-14)13-23-17-8-7-15-5-1-2-6-16(15)10-17/h1-12H,13H2,(H,21,22). The average Bonchev–Trinajstić information content (AvgIpc) is 2.61. The summed E-state index contributed by atoms with van der Waals surface area (Å²) in [6, 6.07) is 17.3. The van der Waals surface area contributed by atoms with Gasteiger partial charge < -0.3 is 4.74 Å². The van der Waals surface area contributed by atoms with Crippen molar-refractivity contribution >= 4 is 22.9 Å². The zero-order valence-corrected chi connectivity index (χ0v) is 12.3. The van der Waals surface area contributed by atoms with Gasteiger partial charge in [-0.1, -0.05) is 36.4 Å². The molecule has 0 fully saturated rings. The second kappa shape index (κ2) is 7.17. The summed E-state index contributed by atoms with van der Waals surface area (Å²) in [5, 5.41) is 6.06. The lowest BCUT2D eigenvalue weighted by atomic mass is 10.1. The monoisotopic (exact) mass is 305 g/mol. The minimum atomic E-state index is -0.321. The number of hydrogen-bond donors (Lipinski definition) is 1. The van der Waals surface area contributed by atoms with E-state index < -0.39 is 0 Å².